The van der Waals surface area contributed by atoms with Gasteiger partial charge in [-0.25, -0.2) is 14.4 Å². The molecular formula is C22H23FN8. The molecule has 0 aliphatic carbocycles. The Hall–Kier alpha value is -3.75. The lowest BCUT2D eigenvalue weighted by Crippen LogP contribution is -2.46. The van der Waals surface area contributed by atoms with E-state index in [0.717, 1.165) is 35.9 Å². The highest BCUT2D eigenvalue weighted by molar-refractivity contribution is 5.75. The molecular weight excluding hydrogens is 395 g/mol. The third-order valence-electron chi connectivity index (χ3n) is 5.60. The van der Waals surface area contributed by atoms with Crippen LogP contribution < -0.4 is 9.80 Å². The molecule has 1 unspecified atom stereocenters. The lowest BCUT2D eigenvalue weighted by atomic mass is 10.1. The Labute approximate surface area is 179 Å². The summed E-state index contributed by atoms with van der Waals surface area (Å²) < 4.78 is 17.0. The first-order chi connectivity index (χ1) is 15.0. The fourth-order valence-electron chi connectivity index (χ4n) is 4.01. The molecule has 0 radical (unpaired) electrons. The maximum atomic E-state index is 13.4. The highest BCUT2D eigenvalue weighted by Crippen LogP contribution is 2.38. The molecule has 4 heterocycles. The highest BCUT2D eigenvalue weighted by atomic mass is 19.1. The number of aromatic nitrogens is 6. The summed E-state index contributed by atoms with van der Waals surface area (Å²) in [5, 5.41) is 4.63. The van der Waals surface area contributed by atoms with Crippen LogP contribution in [0.15, 0.2) is 55.1 Å². The normalized spacial score (nSPS) is 15.9. The molecule has 9 heteroatoms. The Morgan fingerprint density at radius 2 is 1.87 bits per heavy atom. The van der Waals surface area contributed by atoms with Gasteiger partial charge < -0.3 is 9.80 Å². The number of fused-ring (bicyclic) bond motifs is 1. The van der Waals surface area contributed by atoms with Gasteiger partial charge in [0.2, 0.25) is 5.95 Å². The van der Waals surface area contributed by atoms with Crippen molar-refractivity contribution < 1.29 is 4.39 Å². The number of anilines is 3. The minimum atomic E-state index is -0.286. The van der Waals surface area contributed by atoms with Crippen molar-refractivity contribution in [1.82, 2.24) is 29.3 Å². The second-order valence-corrected chi connectivity index (χ2v) is 7.67. The quantitative estimate of drug-likeness (QED) is 0.505. The van der Waals surface area contributed by atoms with Gasteiger partial charge in [-0.05, 0) is 30.7 Å². The van der Waals surface area contributed by atoms with Gasteiger partial charge in [0, 0.05) is 50.9 Å². The topological polar surface area (TPSA) is 67.9 Å². The number of benzene rings is 1. The van der Waals surface area contributed by atoms with Gasteiger partial charge in [-0.2, -0.15) is 10.1 Å². The van der Waals surface area contributed by atoms with Gasteiger partial charge in [0.05, 0.1) is 17.9 Å². The standard InChI is InChI=1S/C22H23FN8/c1-4-17-14-28(2)18-13-25-22(26-21(18)31(17)19-9-11-29(3)27-19)30-12-10-24-20(30)15-5-7-16(23)8-6-15/h5-13,17H,4,14H2,1-3H3. The van der Waals surface area contributed by atoms with E-state index in [0.29, 0.717) is 11.8 Å². The van der Waals surface area contributed by atoms with Crippen LogP contribution in [0.25, 0.3) is 17.3 Å². The van der Waals surface area contributed by atoms with Crippen LogP contribution in [0.1, 0.15) is 13.3 Å². The molecule has 0 amide bonds. The average molecular weight is 418 g/mol. The Morgan fingerprint density at radius 3 is 2.58 bits per heavy atom. The SMILES string of the molecule is CCC1CN(C)c2cnc(-n3ccnc3-c3ccc(F)cc3)nc2N1c1ccn(C)n1. The molecule has 1 aliphatic rings. The molecule has 5 rings (SSSR count). The van der Waals surface area contributed by atoms with E-state index in [9.17, 15) is 4.39 Å². The summed E-state index contributed by atoms with van der Waals surface area (Å²) in [7, 11) is 3.97. The minimum absolute atomic E-state index is 0.231. The summed E-state index contributed by atoms with van der Waals surface area (Å²) >= 11 is 0. The van der Waals surface area contributed by atoms with Crippen molar-refractivity contribution in [2.75, 3.05) is 23.4 Å². The van der Waals surface area contributed by atoms with Crippen molar-refractivity contribution in [3.05, 3.63) is 60.9 Å². The minimum Gasteiger partial charge on any atom is -0.368 e. The summed E-state index contributed by atoms with van der Waals surface area (Å²) in [6.45, 7) is 3.03. The second-order valence-electron chi connectivity index (χ2n) is 7.67. The number of nitrogens with zero attached hydrogens (tertiary/aromatic N) is 8. The van der Waals surface area contributed by atoms with Crippen LogP contribution in [-0.2, 0) is 7.05 Å². The van der Waals surface area contributed by atoms with Crippen molar-refractivity contribution >= 4 is 17.3 Å². The number of imidazole rings is 1. The van der Waals surface area contributed by atoms with Gasteiger partial charge >= 0.3 is 0 Å². The Balaban J connectivity index is 1.63. The van der Waals surface area contributed by atoms with Crippen molar-refractivity contribution in [3.63, 3.8) is 0 Å². The zero-order chi connectivity index (χ0) is 21.5. The molecule has 0 spiro atoms. The van der Waals surface area contributed by atoms with E-state index in [1.54, 1.807) is 23.0 Å². The molecule has 0 saturated heterocycles. The number of rotatable bonds is 4. The molecule has 0 bridgehead atoms. The summed E-state index contributed by atoms with van der Waals surface area (Å²) in [6, 6.07) is 8.48. The van der Waals surface area contributed by atoms with E-state index in [2.05, 4.69) is 38.8 Å². The van der Waals surface area contributed by atoms with Gasteiger partial charge in [0.25, 0.3) is 0 Å². The number of aryl methyl sites for hydroxylation is 1. The van der Waals surface area contributed by atoms with E-state index in [1.807, 2.05) is 36.3 Å². The first-order valence-electron chi connectivity index (χ1n) is 10.2. The largest absolute Gasteiger partial charge is 0.368 e. The van der Waals surface area contributed by atoms with Gasteiger partial charge in [-0.1, -0.05) is 6.92 Å². The molecule has 1 aliphatic heterocycles. The molecule has 1 atom stereocenters. The zero-order valence-electron chi connectivity index (χ0n) is 17.6. The van der Waals surface area contributed by atoms with Crippen molar-refractivity contribution in [2.24, 2.45) is 7.05 Å². The predicted octanol–water partition coefficient (Wildman–Crippen LogP) is 3.57. The third-order valence-corrected chi connectivity index (χ3v) is 5.60. The van der Waals surface area contributed by atoms with E-state index < -0.39 is 0 Å². The van der Waals surface area contributed by atoms with Gasteiger partial charge in [0.15, 0.2) is 11.6 Å². The summed E-state index contributed by atoms with van der Waals surface area (Å²) in [4.78, 5) is 18.4. The maximum absolute atomic E-state index is 13.4. The van der Waals surface area contributed by atoms with Crippen molar-refractivity contribution in [1.29, 1.82) is 0 Å². The molecule has 4 aromatic rings. The second kappa shape index (κ2) is 7.50. The average Bonchev–Trinajstić information content (AvgIpc) is 3.43. The van der Waals surface area contributed by atoms with Crippen molar-refractivity contribution in [2.45, 2.75) is 19.4 Å². The van der Waals surface area contributed by atoms with Crippen LogP contribution in [-0.4, -0.2) is 48.9 Å². The summed E-state index contributed by atoms with van der Waals surface area (Å²) in [5.41, 5.74) is 1.74. The Morgan fingerprint density at radius 1 is 1.06 bits per heavy atom. The molecule has 1 aromatic carbocycles. The van der Waals surface area contributed by atoms with Gasteiger partial charge in [-0.15, -0.1) is 0 Å². The first kappa shape index (κ1) is 19.2. The fourth-order valence-corrected chi connectivity index (χ4v) is 4.01. The summed E-state index contributed by atoms with van der Waals surface area (Å²) in [6.07, 6.45) is 8.23. The third kappa shape index (κ3) is 3.31. The van der Waals surface area contributed by atoms with Crippen molar-refractivity contribution in [3.8, 4) is 17.3 Å². The molecule has 0 N–H and O–H groups in total. The predicted molar refractivity (Wildman–Crippen MR) is 117 cm³/mol. The van der Waals surface area contributed by atoms with Crippen LogP contribution >= 0.6 is 0 Å². The van der Waals surface area contributed by atoms with Crippen LogP contribution in [0.4, 0.5) is 21.7 Å². The van der Waals surface area contributed by atoms with E-state index in [-0.39, 0.29) is 11.9 Å². The monoisotopic (exact) mass is 418 g/mol. The summed E-state index contributed by atoms with van der Waals surface area (Å²) in [5.74, 6) is 2.54. The Bertz CT molecular complexity index is 1210. The molecule has 158 valence electrons. The number of halogens is 1. The van der Waals surface area contributed by atoms with Crippen LogP contribution in [0.3, 0.4) is 0 Å². The molecule has 8 nitrogen and oxygen atoms in total. The fraction of sp³-hybridized carbons (Fsp3) is 0.273. The first-order valence-corrected chi connectivity index (χ1v) is 10.2. The van der Waals surface area contributed by atoms with Crippen LogP contribution in [0.5, 0.6) is 0 Å². The zero-order valence-corrected chi connectivity index (χ0v) is 17.6. The molecule has 0 saturated carbocycles. The van der Waals surface area contributed by atoms with Crippen LogP contribution in [0, 0.1) is 5.82 Å². The molecule has 3 aromatic heterocycles. The number of hydrogen-bond donors (Lipinski definition) is 0. The van der Waals surface area contributed by atoms with Crippen LogP contribution in [0.2, 0.25) is 0 Å². The lowest BCUT2D eigenvalue weighted by molar-refractivity contribution is 0.586. The number of hydrogen-bond acceptors (Lipinski definition) is 6. The lowest BCUT2D eigenvalue weighted by Gasteiger charge is -2.40. The molecule has 0 fully saturated rings. The number of likely N-dealkylation sites (N-methyl/N-ethyl adjacent to an activating group) is 1. The molecule has 31 heavy (non-hydrogen) atoms. The smallest absolute Gasteiger partial charge is 0.237 e. The van der Waals surface area contributed by atoms with Gasteiger partial charge in [0.1, 0.15) is 11.6 Å². The van der Waals surface area contributed by atoms with E-state index >= 15 is 0 Å². The Kier molecular flexibility index (Phi) is 4.65. The maximum Gasteiger partial charge on any atom is 0.237 e. The highest BCUT2D eigenvalue weighted by Gasteiger charge is 2.32. The van der Waals surface area contributed by atoms with Gasteiger partial charge in [-0.3, -0.25) is 9.25 Å². The van der Waals surface area contributed by atoms with E-state index in [1.165, 1.54) is 12.1 Å². The van der Waals surface area contributed by atoms with E-state index in [4.69, 9.17) is 4.98 Å².